The Morgan fingerprint density at radius 3 is 2.33 bits per heavy atom. The number of carbonyl (C=O) groups excluding carboxylic acids is 1. The maximum atomic E-state index is 10.8. The minimum Gasteiger partial charge on any atom is -0.365 e. The predicted molar refractivity (Wildman–Crippen MR) is 48.2 cm³/mol. The highest BCUT2D eigenvalue weighted by Gasteiger charge is 2.04. The van der Waals surface area contributed by atoms with Gasteiger partial charge < -0.3 is 5.73 Å². The van der Waals surface area contributed by atoms with Crippen molar-refractivity contribution < 1.29 is 4.79 Å². The van der Waals surface area contributed by atoms with Crippen molar-refractivity contribution >= 4 is 11.5 Å². The average molecular weight is 159 g/mol. The Morgan fingerprint density at radius 1 is 1.33 bits per heavy atom. The molecule has 1 rings (SSSR count). The van der Waals surface area contributed by atoms with E-state index in [-0.39, 0.29) is 0 Å². The van der Waals surface area contributed by atoms with Gasteiger partial charge in [0.2, 0.25) is 0 Å². The van der Waals surface area contributed by atoms with Crippen LogP contribution in [0.3, 0.4) is 0 Å². The Morgan fingerprint density at radius 2 is 1.92 bits per heavy atom. The number of amides is 1. The lowest BCUT2D eigenvalue weighted by Crippen LogP contribution is -2.12. The van der Waals surface area contributed by atoms with Gasteiger partial charge in [-0.3, -0.25) is 4.79 Å². The summed E-state index contributed by atoms with van der Waals surface area (Å²) in [7, 11) is 0. The second kappa shape index (κ2) is 3.56. The third kappa shape index (κ3) is 1.62. The molecule has 1 amide bonds. The predicted octanol–water partition coefficient (Wildman–Crippen LogP) is 1.34. The van der Waals surface area contributed by atoms with Crippen LogP contribution in [0.25, 0.3) is 5.57 Å². The molecule has 0 radical (unpaired) electrons. The van der Waals surface area contributed by atoms with Gasteiger partial charge >= 0.3 is 0 Å². The standard InChI is InChI=1S/C10H9NO/c1-2-9(10(11)12)8-6-4-3-5-7-8/h3-7H,1H2,(H2,11,12). The summed E-state index contributed by atoms with van der Waals surface area (Å²) >= 11 is 0. The molecule has 1 aromatic rings. The summed E-state index contributed by atoms with van der Waals surface area (Å²) < 4.78 is 0. The van der Waals surface area contributed by atoms with E-state index >= 15 is 0 Å². The topological polar surface area (TPSA) is 43.1 Å². The lowest BCUT2D eigenvalue weighted by Gasteiger charge is -1.98. The monoisotopic (exact) mass is 159 g/mol. The zero-order valence-corrected chi connectivity index (χ0v) is 6.58. The molecule has 2 N–H and O–H groups in total. The molecule has 0 aliphatic carbocycles. The van der Waals surface area contributed by atoms with Crippen molar-refractivity contribution in [1.82, 2.24) is 0 Å². The molecular formula is C10H9NO. The molecule has 0 atom stereocenters. The van der Waals surface area contributed by atoms with Crippen LogP contribution in [0.15, 0.2) is 42.6 Å². The second-order valence-electron chi connectivity index (χ2n) is 2.28. The van der Waals surface area contributed by atoms with Crippen LogP contribution in [0.2, 0.25) is 0 Å². The van der Waals surface area contributed by atoms with E-state index in [0.29, 0.717) is 5.57 Å². The van der Waals surface area contributed by atoms with Gasteiger partial charge in [0.05, 0.1) is 5.57 Å². The molecule has 12 heavy (non-hydrogen) atoms. The molecule has 0 aliphatic rings. The van der Waals surface area contributed by atoms with Gasteiger partial charge in [0.1, 0.15) is 0 Å². The highest BCUT2D eigenvalue weighted by molar-refractivity contribution is 6.18. The van der Waals surface area contributed by atoms with Crippen LogP contribution in [0, 0.1) is 0 Å². The lowest BCUT2D eigenvalue weighted by atomic mass is 10.1. The quantitative estimate of drug-likeness (QED) is 0.513. The number of primary amides is 1. The maximum Gasteiger partial charge on any atom is 0.257 e. The van der Waals surface area contributed by atoms with Gasteiger partial charge in [0, 0.05) is 0 Å². The molecule has 0 aliphatic heterocycles. The summed E-state index contributed by atoms with van der Waals surface area (Å²) in [5, 5.41) is 0. The van der Waals surface area contributed by atoms with E-state index < -0.39 is 5.91 Å². The Labute approximate surface area is 71.0 Å². The average Bonchev–Trinajstić information content (AvgIpc) is 2.07. The highest BCUT2D eigenvalue weighted by atomic mass is 16.1. The first-order chi connectivity index (χ1) is 5.75. The summed E-state index contributed by atoms with van der Waals surface area (Å²) in [6, 6.07) is 9.10. The molecule has 0 heterocycles. The van der Waals surface area contributed by atoms with E-state index in [1.54, 1.807) is 12.1 Å². The molecule has 0 bridgehead atoms. The second-order valence-corrected chi connectivity index (χ2v) is 2.28. The van der Waals surface area contributed by atoms with Crippen LogP contribution in [0.5, 0.6) is 0 Å². The van der Waals surface area contributed by atoms with Gasteiger partial charge in [-0.1, -0.05) is 36.9 Å². The molecule has 0 saturated carbocycles. The van der Waals surface area contributed by atoms with E-state index in [9.17, 15) is 4.79 Å². The Bertz CT molecular complexity index is 334. The van der Waals surface area contributed by atoms with Crippen LogP contribution in [-0.2, 0) is 4.79 Å². The lowest BCUT2D eigenvalue weighted by molar-refractivity contribution is -0.112. The van der Waals surface area contributed by atoms with Gasteiger partial charge in [-0.25, -0.2) is 0 Å². The zero-order valence-electron chi connectivity index (χ0n) is 6.58. The van der Waals surface area contributed by atoms with Gasteiger partial charge in [-0.05, 0) is 5.56 Å². The van der Waals surface area contributed by atoms with Crippen LogP contribution in [0.1, 0.15) is 5.56 Å². The van der Waals surface area contributed by atoms with Crippen molar-refractivity contribution in [3.8, 4) is 0 Å². The number of benzene rings is 1. The number of carbonyl (C=O) groups is 1. The van der Waals surface area contributed by atoms with Gasteiger partial charge in [0.25, 0.3) is 5.91 Å². The third-order valence-corrected chi connectivity index (χ3v) is 1.49. The highest BCUT2D eigenvalue weighted by Crippen LogP contribution is 2.10. The fourth-order valence-electron chi connectivity index (χ4n) is 0.936. The first-order valence-electron chi connectivity index (χ1n) is 3.51. The zero-order chi connectivity index (χ0) is 8.97. The van der Waals surface area contributed by atoms with Crippen molar-refractivity contribution in [1.29, 1.82) is 0 Å². The first kappa shape index (κ1) is 8.31. The van der Waals surface area contributed by atoms with Gasteiger partial charge in [0.15, 0.2) is 0 Å². The van der Waals surface area contributed by atoms with Crippen molar-refractivity contribution in [2.75, 3.05) is 0 Å². The first-order valence-corrected chi connectivity index (χ1v) is 3.51. The fraction of sp³-hybridized carbons (Fsp3) is 0. The van der Waals surface area contributed by atoms with Crippen LogP contribution >= 0.6 is 0 Å². The summed E-state index contributed by atoms with van der Waals surface area (Å²) in [4.78, 5) is 10.8. The molecule has 1 aromatic carbocycles. The van der Waals surface area contributed by atoms with Gasteiger partial charge in [-0.15, -0.1) is 5.73 Å². The molecule has 60 valence electrons. The largest absolute Gasteiger partial charge is 0.365 e. The number of hydrogen-bond acceptors (Lipinski definition) is 1. The normalized spacial score (nSPS) is 8.67. The smallest absolute Gasteiger partial charge is 0.257 e. The fourth-order valence-corrected chi connectivity index (χ4v) is 0.936. The molecular weight excluding hydrogens is 150 g/mol. The molecule has 0 unspecified atom stereocenters. The van der Waals surface area contributed by atoms with E-state index in [4.69, 9.17) is 5.73 Å². The number of hydrogen-bond donors (Lipinski definition) is 1. The van der Waals surface area contributed by atoms with Crippen molar-refractivity contribution in [3.05, 3.63) is 48.2 Å². The minimum absolute atomic E-state index is 0.329. The maximum absolute atomic E-state index is 10.8. The van der Waals surface area contributed by atoms with Crippen molar-refractivity contribution in [2.45, 2.75) is 0 Å². The summed E-state index contributed by atoms with van der Waals surface area (Å²) in [6.45, 7) is 3.40. The van der Waals surface area contributed by atoms with E-state index in [0.717, 1.165) is 5.56 Å². The SMILES string of the molecule is C=C=C(C(N)=O)c1ccccc1. The van der Waals surface area contributed by atoms with E-state index in [1.165, 1.54) is 0 Å². The minimum atomic E-state index is -0.504. The Kier molecular flexibility index (Phi) is 2.46. The van der Waals surface area contributed by atoms with Crippen molar-refractivity contribution in [3.63, 3.8) is 0 Å². The van der Waals surface area contributed by atoms with E-state index in [1.807, 2.05) is 18.2 Å². The molecule has 2 nitrogen and oxygen atoms in total. The number of rotatable bonds is 2. The van der Waals surface area contributed by atoms with Crippen LogP contribution in [0.4, 0.5) is 0 Å². The molecule has 2 heteroatoms. The van der Waals surface area contributed by atoms with Crippen LogP contribution < -0.4 is 5.73 Å². The molecule has 0 fully saturated rings. The molecule has 0 spiro atoms. The summed E-state index contributed by atoms with van der Waals surface area (Å²) in [6.07, 6.45) is 0. The third-order valence-electron chi connectivity index (χ3n) is 1.49. The summed E-state index contributed by atoms with van der Waals surface area (Å²) in [5.74, 6) is -0.504. The Hall–Kier alpha value is -1.79. The van der Waals surface area contributed by atoms with Crippen molar-refractivity contribution in [2.24, 2.45) is 5.73 Å². The van der Waals surface area contributed by atoms with E-state index in [2.05, 4.69) is 12.3 Å². The molecule has 0 aromatic heterocycles. The summed E-state index contributed by atoms with van der Waals surface area (Å²) in [5.41, 5.74) is 8.69. The molecule has 0 saturated heterocycles. The Balaban J connectivity index is 3.14. The van der Waals surface area contributed by atoms with Gasteiger partial charge in [-0.2, -0.15) is 0 Å². The number of nitrogens with two attached hydrogens (primary N) is 1. The van der Waals surface area contributed by atoms with Crippen LogP contribution in [-0.4, -0.2) is 5.91 Å².